The summed E-state index contributed by atoms with van der Waals surface area (Å²) in [6.45, 7) is 6.20. The van der Waals surface area contributed by atoms with Gasteiger partial charge in [0, 0.05) is 12.6 Å². The molecule has 1 nitrogen and oxygen atoms in total. The quantitative estimate of drug-likeness (QED) is 0.765. The van der Waals surface area contributed by atoms with E-state index in [0.29, 0.717) is 0 Å². The van der Waals surface area contributed by atoms with Crippen molar-refractivity contribution in [3.63, 3.8) is 0 Å². The Balaban J connectivity index is 1.45. The largest absolute Gasteiger partial charge is 0.313 e. The molecule has 0 amide bonds. The molecule has 0 aromatic carbocycles. The van der Waals surface area contributed by atoms with Gasteiger partial charge in [-0.3, -0.25) is 0 Å². The van der Waals surface area contributed by atoms with E-state index in [1.807, 2.05) is 0 Å². The molecule has 0 heterocycles. The van der Waals surface area contributed by atoms with E-state index in [9.17, 15) is 0 Å². The Morgan fingerprint density at radius 1 is 1.00 bits per heavy atom. The third-order valence-electron chi connectivity index (χ3n) is 5.68. The van der Waals surface area contributed by atoms with Gasteiger partial charge in [-0.2, -0.15) is 0 Å². The lowest BCUT2D eigenvalue weighted by Gasteiger charge is -2.33. The summed E-state index contributed by atoms with van der Waals surface area (Å²) < 4.78 is 0. The predicted molar refractivity (Wildman–Crippen MR) is 68.4 cm³/mol. The average molecular weight is 221 g/mol. The molecule has 3 saturated carbocycles. The summed E-state index contributed by atoms with van der Waals surface area (Å²) in [5, 5.41) is 3.90. The van der Waals surface area contributed by atoms with Crippen molar-refractivity contribution in [3.05, 3.63) is 0 Å². The smallest absolute Gasteiger partial charge is 0.00700 e. The molecular formula is C15H27N. The molecule has 3 atom stereocenters. The monoisotopic (exact) mass is 221 g/mol. The Hall–Kier alpha value is -0.0400. The molecule has 3 fully saturated rings. The van der Waals surface area contributed by atoms with Crippen LogP contribution in [0.5, 0.6) is 0 Å². The molecule has 0 radical (unpaired) electrons. The van der Waals surface area contributed by atoms with Crippen molar-refractivity contribution < 1.29 is 0 Å². The SMILES string of the molecule is CC1CCC(NCC2(C3CC3)CC2)CC1C. The molecule has 3 aliphatic carbocycles. The van der Waals surface area contributed by atoms with Gasteiger partial charge in [0.2, 0.25) is 0 Å². The first-order valence-corrected chi connectivity index (χ1v) is 7.43. The molecular weight excluding hydrogens is 194 g/mol. The molecule has 3 unspecified atom stereocenters. The van der Waals surface area contributed by atoms with E-state index >= 15 is 0 Å². The zero-order valence-electron chi connectivity index (χ0n) is 11.0. The molecule has 3 aliphatic rings. The van der Waals surface area contributed by atoms with Crippen molar-refractivity contribution in [2.24, 2.45) is 23.2 Å². The number of hydrogen-bond acceptors (Lipinski definition) is 1. The Morgan fingerprint density at radius 2 is 1.75 bits per heavy atom. The van der Waals surface area contributed by atoms with Crippen molar-refractivity contribution in [2.45, 2.75) is 64.8 Å². The van der Waals surface area contributed by atoms with Crippen LogP contribution in [0.3, 0.4) is 0 Å². The van der Waals surface area contributed by atoms with Crippen LogP contribution < -0.4 is 5.32 Å². The zero-order valence-corrected chi connectivity index (χ0v) is 11.0. The summed E-state index contributed by atoms with van der Waals surface area (Å²) in [5.41, 5.74) is 0.784. The lowest BCUT2D eigenvalue weighted by atomic mass is 9.79. The minimum absolute atomic E-state index is 0.784. The van der Waals surface area contributed by atoms with Crippen LogP contribution in [0, 0.1) is 23.2 Å². The van der Waals surface area contributed by atoms with Crippen LogP contribution in [-0.2, 0) is 0 Å². The van der Waals surface area contributed by atoms with Crippen molar-refractivity contribution in [1.82, 2.24) is 5.32 Å². The maximum Gasteiger partial charge on any atom is 0.00700 e. The van der Waals surface area contributed by atoms with Crippen LogP contribution >= 0.6 is 0 Å². The van der Waals surface area contributed by atoms with Gasteiger partial charge >= 0.3 is 0 Å². The minimum atomic E-state index is 0.784. The van der Waals surface area contributed by atoms with Crippen LogP contribution in [-0.4, -0.2) is 12.6 Å². The summed E-state index contributed by atoms with van der Waals surface area (Å²) in [6, 6.07) is 0.836. The maximum atomic E-state index is 3.90. The minimum Gasteiger partial charge on any atom is -0.313 e. The molecule has 1 N–H and O–H groups in total. The van der Waals surface area contributed by atoms with Crippen molar-refractivity contribution in [1.29, 1.82) is 0 Å². The van der Waals surface area contributed by atoms with Crippen molar-refractivity contribution in [2.75, 3.05) is 6.54 Å². The Kier molecular flexibility index (Phi) is 2.78. The Morgan fingerprint density at radius 3 is 2.31 bits per heavy atom. The van der Waals surface area contributed by atoms with Gasteiger partial charge in [0.15, 0.2) is 0 Å². The molecule has 3 rings (SSSR count). The standard InChI is InChI=1S/C15H27N/c1-11-3-6-14(9-12(11)2)16-10-15(7-8-15)13-4-5-13/h11-14,16H,3-10H2,1-2H3. The summed E-state index contributed by atoms with van der Waals surface area (Å²) in [5.74, 6) is 3.00. The highest BCUT2D eigenvalue weighted by molar-refractivity contribution is 5.05. The maximum absolute atomic E-state index is 3.90. The molecule has 0 bridgehead atoms. The Bertz CT molecular complexity index is 252. The fraction of sp³-hybridized carbons (Fsp3) is 1.00. The van der Waals surface area contributed by atoms with E-state index in [2.05, 4.69) is 19.2 Å². The van der Waals surface area contributed by atoms with Gasteiger partial charge in [0.05, 0.1) is 0 Å². The van der Waals surface area contributed by atoms with Crippen LogP contribution in [0.25, 0.3) is 0 Å². The van der Waals surface area contributed by atoms with Gasteiger partial charge in [0.1, 0.15) is 0 Å². The van der Waals surface area contributed by atoms with Gasteiger partial charge in [-0.1, -0.05) is 13.8 Å². The molecule has 16 heavy (non-hydrogen) atoms. The summed E-state index contributed by atoms with van der Waals surface area (Å²) in [7, 11) is 0. The van der Waals surface area contributed by atoms with E-state index in [4.69, 9.17) is 0 Å². The molecule has 0 aromatic rings. The lowest BCUT2D eigenvalue weighted by molar-refractivity contribution is 0.216. The molecule has 1 heteroatoms. The predicted octanol–water partition coefficient (Wildman–Crippen LogP) is 3.59. The lowest BCUT2D eigenvalue weighted by Crippen LogP contribution is -2.39. The second-order valence-electron chi connectivity index (χ2n) is 6.98. The topological polar surface area (TPSA) is 12.0 Å². The highest BCUT2D eigenvalue weighted by Crippen LogP contribution is 2.60. The molecule has 0 aliphatic heterocycles. The van der Waals surface area contributed by atoms with Crippen molar-refractivity contribution in [3.8, 4) is 0 Å². The fourth-order valence-electron chi connectivity index (χ4n) is 3.67. The van der Waals surface area contributed by atoms with Gasteiger partial charge in [0.25, 0.3) is 0 Å². The number of hydrogen-bond donors (Lipinski definition) is 1. The first-order valence-electron chi connectivity index (χ1n) is 7.43. The van der Waals surface area contributed by atoms with Gasteiger partial charge in [-0.15, -0.1) is 0 Å². The highest BCUT2D eigenvalue weighted by Gasteiger charge is 2.53. The normalized spacial score (nSPS) is 42.0. The van der Waals surface area contributed by atoms with E-state index in [1.165, 1.54) is 51.5 Å². The third-order valence-corrected chi connectivity index (χ3v) is 5.68. The first-order chi connectivity index (χ1) is 7.70. The van der Waals surface area contributed by atoms with Gasteiger partial charge < -0.3 is 5.32 Å². The molecule has 0 aromatic heterocycles. The van der Waals surface area contributed by atoms with E-state index in [0.717, 1.165) is 29.2 Å². The summed E-state index contributed by atoms with van der Waals surface area (Å²) >= 11 is 0. The zero-order chi connectivity index (χ0) is 11.2. The summed E-state index contributed by atoms with van der Waals surface area (Å²) in [4.78, 5) is 0. The van der Waals surface area contributed by atoms with Crippen LogP contribution in [0.15, 0.2) is 0 Å². The number of nitrogens with one attached hydrogen (secondary N) is 1. The van der Waals surface area contributed by atoms with E-state index in [-0.39, 0.29) is 0 Å². The van der Waals surface area contributed by atoms with Gasteiger partial charge in [-0.25, -0.2) is 0 Å². The van der Waals surface area contributed by atoms with Crippen molar-refractivity contribution >= 4 is 0 Å². The average Bonchev–Trinajstić information content (AvgIpc) is 3.13. The highest BCUT2D eigenvalue weighted by atomic mass is 14.9. The van der Waals surface area contributed by atoms with Crippen LogP contribution in [0.2, 0.25) is 0 Å². The molecule has 0 spiro atoms. The van der Waals surface area contributed by atoms with Crippen LogP contribution in [0.4, 0.5) is 0 Å². The second-order valence-corrected chi connectivity index (χ2v) is 6.98. The number of rotatable bonds is 4. The van der Waals surface area contributed by atoms with Gasteiger partial charge in [-0.05, 0) is 68.1 Å². The summed E-state index contributed by atoms with van der Waals surface area (Å²) in [6.07, 6.45) is 10.4. The van der Waals surface area contributed by atoms with Crippen LogP contribution in [0.1, 0.15) is 58.8 Å². The third kappa shape index (κ3) is 2.16. The fourth-order valence-corrected chi connectivity index (χ4v) is 3.67. The Labute approximate surface area is 100 Å². The second kappa shape index (κ2) is 4.01. The van der Waals surface area contributed by atoms with E-state index < -0.39 is 0 Å². The first kappa shape index (κ1) is 11.1. The molecule has 92 valence electrons. The molecule has 0 saturated heterocycles. The van der Waals surface area contributed by atoms with E-state index in [1.54, 1.807) is 0 Å².